The number of aryl methyl sites for hydroxylation is 2. The van der Waals surface area contributed by atoms with Crippen LogP contribution in [0, 0.1) is 6.92 Å². The number of amides is 1. The molecule has 33 heavy (non-hydrogen) atoms. The lowest BCUT2D eigenvalue weighted by Crippen LogP contribution is -2.30. The van der Waals surface area contributed by atoms with Crippen LogP contribution in [0.2, 0.25) is 0 Å². The van der Waals surface area contributed by atoms with Gasteiger partial charge in [-0.05, 0) is 48.7 Å². The topological polar surface area (TPSA) is 104 Å². The second-order valence-electron chi connectivity index (χ2n) is 8.21. The molecule has 3 rings (SSSR count). The highest BCUT2D eigenvalue weighted by atomic mass is 16.4. The van der Waals surface area contributed by atoms with E-state index in [0.717, 1.165) is 16.7 Å². The van der Waals surface area contributed by atoms with E-state index in [9.17, 15) is 19.9 Å². The third-order valence-corrected chi connectivity index (χ3v) is 5.63. The van der Waals surface area contributed by atoms with E-state index in [1.807, 2.05) is 43.3 Å². The van der Waals surface area contributed by atoms with Crippen molar-refractivity contribution < 1.29 is 15.1 Å². The lowest BCUT2D eigenvalue weighted by molar-refractivity contribution is 0.0924. The fourth-order valence-corrected chi connectivity index (χ4v) is 3.77. The molecular weight excluding hydrogens is 418 g/mol. The number of oxime groups is 1. The van der Waals surface area contributed by atoms with Crippen LogP contribution in [0.3, 0.4) is 0 Å². The quantitative estimate of drug-likeness (QED) is 0.280. The summed E-state index contributed by atoms with van der Waals surface area (Å²) in [5.74, 6) is -0.387. The van der Waals surface area contributed by atoms with Gasteiger partial charge in [-0.1, -0.05) is 41.6 Å². The second kappa shape index (κ2) is 10.7. The largest absolute Gasteiger partial charge is 0.411 e. The SMILES string of the molecule is Cc1ccccc1C(CC(=NO)c1ccc(=O)n(C)c1)c1ccc(C(=O)NC[C@@H](C)O)cc1. The molecule has 0 aliphatic heterocycles. The number of aliphatic hydroxyl groups excluding tert-OH is 1. The first-order valence-electron chi connectivity index (χ1n) is 10.8. The Morgan fingerprint density at radius 1 is 1.06 bits per heavy atom. The van der Waals surface area contributed by atoms with Crippen molar-refractivity contribution in [3.8, 4) is 0 Å². The maximum atomic E-state index is 12.3. The van der Waals surface area contributed by atoms with Gasteiger partial charge in [0.15, 0.2) is 0 Å². The van der Waals surface area contributed by atoms with Crippen LogP contribution in [0.4, 0.5) is 0 Å². The van der Waals surface area contributed by atoms with E-state index in [0.29, 0.717) is 23.3 Å². The van der Waals surface area contributed by atoms with Crippen molar-refractivity contribution in [1.29, 1.82) is 0 Å². The Morgan fingerprint density at radius 3 is 2.33 bits per heavy atom. The van der Waals surface area contributed by atoms with Gasteiger partial charge in [0, 0.05) is 49.3 Å². The molecule has 2 atom stereocenters. The van der Waals surface area contributed by atoms with E-state index < -0.39 is 6.10 Å². The Bertz CT molecular complexity index is 1200. The van der Waals surface area contributed by atoms with E-state index in [1.54, 1.807) is 38.4 Å². The first-order valence-corrected chi connectivity index (χ1v) is 10.8. The first kappa shape index (κ1) is 23.9. The number of benzene rings is 2. The van der Waals surface area contributed by atoms with Gasteiger partial charge in [0.1, 0.15) is 0 Å². The summed E-state index contributed by atoms with van der Waals surface area (Å²) in [5.41, 5.74) is 4.61. The highest BCUT2D eigenvalue weighted by Gasteiger charge is 2.21. The van der Waals surface area contributed by atoms with Crippen LogP contribution in [0.1, 0.15) is 51.9 Å². The molecule has 3 aromatic rings. The monoisotopic (exact) mass is 447 g/mol. The van der Waals surface area contributed by atoms with Crippen LogP contribution in [-0.4, -0.2) is 39.1 Å². The number of carbonyl (C=O) groups excluding carboxylic acids is 1. The van der Waals surface area contributed by atoms with E-state index in [2.05, 4.69) is 10.5 Å². The summed E-state index contributed by atoms with van der Waals surface area (Å²) in [6.45, 7) is 3.82. The van der Waals surface area contributed by atoms with Gasteiger partial charge in [0.2, 0.25) is 5.56 Å². The van der Waals surface area contributed by atoms with Gasteiger partial charge in [0.25, 0.3) is 5.91 Å². The Morgan fingerprint density at radius 2 is 1.73 bits per heavy atom. The zero-order chi connectivity index (χ0) is 24.0. The molecule has 1 amide bonds. The number of aliphatic hydroxyl groups is 1. The fourth-order valence-electron chi connectivity index (χ4n) is 3.77. The molecule has 0 spiro atoms. The maximum absolute atomic E-state index is 12.3. The van der Waals surface area contributed by atoms with Crippen molar-refractivity contribution in [1.82, 2.24) is 9.88 Å². The van der Waals surface area contributed by atoms with Crippen LogP contribution in [0.15, 0.2) is 76.8 Å². The van der Waals surface area contributed by atoms with Gasteiger partial charge in [-0.2, -0.15) is 0 Å². The molecule has 1 heterocycles. The zero-order valence-corrected chi connectivity index (χ0v) is 19.0. The lowest BCUT2D eigenvalue weighted by Gasteiger charge is -2.21. The Balaban J connectivity index is 1.95. The lowest BCUT2D eigenvalue weighted by atomic mass is 9.83. The summed E-state index contributed by atoms with van der Waals surface area (Å²) in [5, 5.41) is 25.4. The molecular formula is C26H29N3O4. The van der Waals surface area contributed by atoms with E-state index >= 15 is 0 Å². The summed E-state index contributed by atoms with van der Waals surface area (Å²) in [6.07, 6.45) is 1.43. The highest BCUT2D eigenvalue weighted by Crippen LogP contribution is 2.32. The minimum absolute atomic E-state index is 0.135. The second-order valence-corrected chi connectivity index (χ2v) is 8.21. The maximum Gasteiger partial charge on any atom is 0.251 e. The summed E-state index contributed by atoms with van der Waals surface area (Å²) >= 11 is 0. The molecule has 0 aliphatic rings. The van der Waals surface area contributed by atoms with Crippen LogP contribution in [0.25, 0.3) is 0 Å². The van der Waals surface area contributed by atoms with Crippen molar-refractivity contribution in [3.63, 3.8) is 0 Å². The average molecular weight is 448 g/mol. The van der Waals surface area contributed by atoms with Crippen molar-refractivity contribution in [2.24, 2.45) is 12.2 Å². The number of pyridine rings is 1. The molecule has 0 fully saturated rings. The standard InChI is InChI=1S/C26H29N3O4/c1-17-6-4-5-7-22(17)23(14-24(28-33)21-12-13-25(31)29(3)16-21)19-8-10-20(11-9-19)26(32)27-15-18(2)30/h4-13,16,18,23,30,33H,14-15H2,1-3H3,(H,27,32)/t18-,23?/m1/s1. The summed E-state index contributed by atoms with van der Waals surface area (Å²) in [7, 11) is 1.65. The smallest absolute Gasteiger partial charge is 0.251 e. The third kappa shape index (κ3) is 5.96. The third-order valence-electron chi connectivity index (χ3n) is 5.63. The van der Waals surface area contributed by atoms with Gasteiger partial charge in [0.05, 0.1) is 11.8 Å². The zero-order valence-electron chi connectivity index (χ0n) is 19.0. The van der Waals surface area contributed by atoms with Crippen molar-refractivity contribution in [3.05, 3.63) is 105 Å². The number of nitrogens with zero attached hydrogens (tertiary/aromatic N) is 2. The first-order chi connectivity index (χ1) is 15.8. The average Bonchev–Trinajstić information content (AvgIpc) is 2.81. The van der Waals surface area contributed by atoms with Crippen LogP contribution >= 0.6 is 0 Å². The van der Waals surface area contributed by atoms with Crippen molar-refractivity contribution >= 4 is 11.6 Å². The molecule has 0 saturated heterocycles. The van der Waals surface area contributed by atoms with E-state index in [4.69, 9.17) is 0 Å². The van der Waals surface area contributed by atoms with E-state index in [-0.39, 0.29) is 23.9 Å². The van der Waals surface area contributed by atoms with Crippen LogP contribution in [-0.2, 0) is 7.05 Å². The Kier molecular flexibility index (Phi) is 7.79. The molecule has 0 aliphatic carbocycles. The number of hydrogen-bond donors (Lipinski definition) is 3. The molecule has 172 valence electrons. The molecule has 1 aromatic heterocycles. The molecule has 7 heteroatoms. The molecule has 0 radical (unpaired) electrons. The summed E-state index contributed by atoms with van der Waals surface area (Å²) < 4.78 is 1.45. The number of carbonyl (C=O) groups is 1. The number of hydrogen-bond acceptors (Lipinski definition) is 5. The van der Waals surface area contributed by atoms with Crippen LogP contribution < -0.4 is 10.9 Å². The molecule has 1 unspecified atom stereocenters. The minimum Gasteiger partial charge on any atom is -0.411 e. The van der Waals surface area contributed by atoms with E-state index in [1.165, 1.54) is 10.6 Å². The predicted molar refractivity (Wildman–Crippen MR) is 128 cm³/mol. The van der Waals surface area contributed by atoms with Gasteiger partial charge in [-0.25, -0.2) is 0 Å². The number of aromatic nitrogens is 1. The predicted octanol–water partition coefficient (Wildman–Crippen LogP) is 3.20. The number of rotatable bonds is 8. The molecule has 0 bridgehead atoms. The fraction of sp³-hybridized carbons (Fsp3) is 0.269. The molecule has 0 saturated carbocycles. The molecule has 2 aromatic carbocycles. The highest BCUT2D eigenvalue weighted by molar-refractivity contribution is 6.00. The normalized spacial score (nSPS) is 13.4. The van der Waals surface area contributed by atoms with Crippen LogP contribution in [0.5, 0.6) is 0 Å². The van der Waals surface area contributed by atoms with Gasteiger partial charge < -0.3 is 20.2 Å². The Hall–Kier alpha value is -3.71. The van der Waals surface area contributed by atoms with Gasteiger partial charge in [-0.3, -0.25) is 9.59 Å². The van der Waals surface area contributed by atoms with Gasteiger partial charge >= 0.3 is 0 Å². The minimum atomic E-state index is -0.618. The van der Waals surface area contributed by atoms with Crippen molar-refractivity contribution in [2.45, 2.75) is 32.3 Å². The summed E-state index contributed by atoms with van der Waals surface area (Å²) in [4.78, 5) is 24.1. The molecule has 7 nitrogen and oxygen atoms in total. The van der Waals surface area contributed by atoms with Crippen molar-refractivity contribution in [2.75, 3.05) is 6.54 Å². The Labute approximate surface area is 193 Å². The molecule has 3 N–H and O–H groups in total. The summed E-state index contributed by atoms with van der Waals surface area (Å²) in [6, 6.07) is 18.4. The van der Waals surface area contributed by atoms with Gasteiger partial charge in [-0.15, -0.1) is 0 Å². The number of nitrogens with one attached hydrogen (secondary N) is 1.